The number of H-pyrrole nitrogens is 1. The Bertz CT molecular complexity index is 889. The van der Waals surface area contributed by atoms with Crippen molar-refractivity contribution in [3.8, 4) is 11.8 Å². The van der Waals surface area contributed by atoms with Gasteiger partial charge in [-0.15, -0.1) is 0 Å². The molecule has 7 heteroatoms. The van der Waals surface area contributed by atoms with E-state index in [1.165, 1.54) is 6.20 Å². The zero-order chi connectivity index (χ0) is 19.9. The standard InChI is InChI=1S/C21H26N4O3/c1-24(2)15-17(14-22)21(26)20-13-16-12-18(4-5-19(16)23-20)28-9-3-6-25-7-10-27-11-8-25/h4-5,12-13,15,23H,3,6-11H2,1-2H3/b17-15+. The van der Waals surface area contributed by atoms with Gasteiger partial charge in [-0.2, -0.15) is 5.26 Å². The molecular weight excluding hydrogens is 356 g/mol. The summed E-state index contributed by atoms with van der Waals surface area (Å²) in [6.45, 7) is 5.23. The number of morpholine rings is 1. The third-order valence-electron chi connectivity index (χ3n) is 4.58. The largest absolute Gasteiger partial charge is 0.494 e. The Balaban J connectivity index is 1.61. The van der Waals surface area contributed by atoms with Crippen molar-refractivity contribution in [3.05, 3.63) is 41.7 Å². The molecule has 148 valence electrons. The van der Waals surface area contributed by atoms with E-state index in [2.05, 4.69) is 9.88 Å². The molecular formula is C21H26N4O3. The lowest BCUT2D eigenvalue weighted by atomic mass is 10.1. The Hall–Kier alpha value is -2.82. The van der Waals surface area contributed by atoms with Crippen molar-refractivity contribution >= 4 is 16.7 Å². The summed E-state index contributed by atoms with van der Waals surface area (Å²) in [6.07, 6.45) is 2.48. The van der Waals surface area contributed by atoms with Crippen molar-refractivity contribution < 1.29 is 14.3 Å². The number of ether oxygens (including phenoxy) is 2. The molecule has 1 aromatic heterocycles. The molecule has 0 spiro atoms. The summed E-state index contributed by atoms with van der Waals surface area (Å²) in [5.41, 5.74) is 1.33. The molecule has 1 aromatic carbocycles. The van der Waals surface area contributed by atoms with Gasteiger partial charge >= 0.3 is 0 Å². The van der Waals surface area contributed by atoms with E-state index >= 15 is 0 Å². The third kappa shape index (κ3) is 5.12. The molecule has 1 saturated heterocycles. The van der Waals surface area contributed by atoms with Crippen LogP contribution in [0.1, 0.15) is 16.9 Å². The molecule has 0 aliphatic carbocycles. The molecule has 28 heavy (non-hydrogen) atoms. The predicted octanol–water partition coefficient (Wildman–Crippen LogP) is 2.42. The number of carbonyl (C=O) groups is 1. The number of benzene rings is 1. The average molecular weight is 382 g/mol. The summed E-state index contributed by atoms with van der Waals surface area (Å²) in [4.78, 5) is 19.7. The summed E-state index contributed by atoms with van der Waals surface area (Å²) >= 11 is 0. The van der Waals surface area contributed by atoms with Crippen molar-refractivity contribution in [1.82, 2.24) is 14.8 Å². The van der Waals surface area contributed by atoms with Crippen LogP contribution in [-0.4, -0.2) is 74.1 Å². The molecule has 3 rings (SSSR count). The van der Waals surface area contributed by atoms with Crippen LogP contribution in [-0.2, 0) is 4.74 Å². The molecule has 1 N–H and O–H groups in total. The van der Waals surface area contributed by atoms with Crippen LogP contribution in [0.25, 0.3) is 10.9 Å². The molecule has 1 aliphatic heterocycles. The molecule has 0 atom stereocenters. The van der Waals surface area contributed by atoms with Crippen molar-refractivity contribution in [1.29, 1.82) is 5.26 Å². The summed E-state index contributed by atoms with van der Waals surface area (Å²) in [5, 5.41) is 10.1. The monoisotopic (exact) mass is 382 g/mol. The molecule has 0 radical (unpaired) electrons. The first-order chi connectivity index (χ1) is 13.6. The molecule has 1 aliphatic rings. The van der Waals surface area contributed by atoms with Crippen molar-refractivity contribution in [2.24, 2.45) is 0 Å². The minimum Gasteiger partial charge on any atom is -0.494 e. The van der Waals surface area contributed by atoms with E-state index in [-0.39, 0.29) is 11.4 Å². The van der Waals surface area contributed by atoms with E-state index in [0.717, 1.165) is 55.9 Å². The molecule has 0 unspecified atom stereocenters. The summed E-state index contributed by atoms with van der Waals surface area (Å²) < 4.78 is 11.2. The second-order valence-electron chi connectivity index (χ2n) is 7.04. The highest BCUT2D eigenvalue weighted by atomic mass is 16.5. The molecule has 0 saturated carbocycles. The fourth-order valence-corrected chi connectivity index (χ4v) is 3.17. The Morgan fingerprint density at radius 3 is 2.86 bits per heavy atom. The number of nitrogens with one attached hydrogen (secondary N) is 1. The smallest absolute Gasteiger partial charge is 0.221 e. The number of aromatic amines is 1. The average Bonchev–Trinajstić information content (AvgIpc) is 3.13. The van der Waals surface area contributed by atoms with E-state index in [1.54, 1.807) is 25.1 Å². The van der Waals surface area contributed by atoms with Crippen molar-refractivity contribution in [2.45, 2.75) is 6.42 Å². The lowest BCUT2D eigenvalue weighted by Gasteiger charge is -2.26. The maximum absolute atomic E-state index is 12.5. The van der Waals surface area contributed by atoms with Crippen LogP contribution in [0, 0.1) is 11.3 Å². The Kier molecular flexibility index (Phi) is 6.69. The first-order valence-corrected chi connectivity index (χ1v) is 9.45. The van der Waals surface area contributed by atoms with Crippen LogP contribution >= 0.6 is 0 Å². The predicted molar refractivity (Wildman–Crippen MR) is 107 cm³/mol. The van der Waals surface area contributed by atoms with Crippen LogP contribution in [0.3, 0.4) is 0 Å². The maximum atomic E-state index is 12.5. The summed E-state index contributed by atoms with van der Waals surface area (Å²) in [6, 6.07) is 9.43. The van der Waals surface area contributed by atoms with Crippen LogP contribution in [0.5, 0.6) is 5.75 Å². The van der Waals surface area contributed by atoms with Crippen LogP contribution in [0.15, 0.2) is 36.0 Å². The number of rotatable bonds is 8. The number of fused-ring (bicyclic) bond motifs is 1. The number of nitrogens with zero attached hydrogens (tertiary/aromatic N) is 3. The van der Waals surface area contributed by atoms with Gasteiger partial charge in [-0.05, 0) is 30.7 Å². The van der Waals surface area contributed by atoms with Gasteiger partial charge in [0.05, 0.1) is 25.5 Å². The Morgan fingerprint density at radius 2 is 2.14 bits per heavy atom. The van der Waals surface area contributed by atoms with Gasteiger partial charge in [-0.25, -0.2) is 0 Å². The highest BCUT2D eigenvalue weighted by molar-refractivity contribution is 6.12. The van der Waals surface area contributed by atoms with Crippen molar-refractivity contribution in [3.63, 3.8) is 0 Å². The normalized spacial score (nSPS) is 15.4. The third-order valence-corrected chi connectivity index (χ3v) is 4.58. The van der Waals surface area contributed by atoms with Gasteiger partial charge in [-0.1, -0.05) is 0 Å². The van der Waals surface area contributed by atoms with Crippen LogP contribution < -0.4 is 4.74 Å². The first-order valence-electron chi connectivity index (χ1n) is 9.45. The number of hydrogen-bond donors (Lipinski definition) is 1. The van der Waals surface area contributed by atoms with Gasteiger partial charge in [0.15, 0.2) is 0 Å². The van der Waals surface area contributed by atoms with E-state index in [0.29, 0.717) is 12.3 Å². The highest BCUT2D eigenvalue weighted by Crippen LogP contribution is 2.23. The summed E-state index contributed by atoms with van der Waals surface area (Å²) in [7, 11) is 3.55. The maximum Gasteiger partial charge on any atom is 0.221 e. The highest BCUT2D eigenvalue weighted by Gasteiger charge is 2.15. The lowest BCUT2D eigenvalue weighted by molar-refractivity contribution is 0.0358. The molecule has 2 aromatic rings. The van der Waals surface area contributed by atoms with E-state index in [1.807, 2.05) is 24.3 Å². The number of carbonyl (C=O) groups excluding carboxylic acids is 1. The fraction of sp³-hybridized carbons (Fsp3) is 0.429. The minimum atomic E-state index is -0.319. The number of ketones is 1. The molecule has 0 bridgehead atoms. The van der Waals surface area contributed by atoms with Gasteiger partial charge < -0.3 is 19.4 Å². The quantitative estimate of drug-likeness (QED) is 0.327. The SMILES string of the molecule is CN(C)/C=C(\C#N)C(=O)c1cc2cc(OCCCN3CCOCC3)ccc2[nH]1. The zero-order valence-electron chi connectivity index (χ0n) is 16.4. The fourth-order valence-electron chi connectivity index (χ4n) is 3.17. The second-order valence-corrected chi connectivity index (χ2v) is 7.04. The van der Waals surface area contributed by atoms with Gasteiger partial charge in [0.2, 0.25) is 5.78 Å². The first kappa shape index (κ1) is 19.9. The topological polar surface area (TPSA) is 81.6 Å². The van der Waals surface area contributed by atoms with Crippen LogP contribution in [0.2, 0.25) is 0 Å². The van der Waals surface area contributed by atoms with Crippen molar-refractivity contribution in [2.75, 3.05) is 53.6 Å². The molecule has 0 amide bonds. The molecule has 7 nitrogen and oxygen atoms in total. The van der Waals surface area contributed by atoms with Crippen LogP contribution in [0.4, 0.5) is 0 Å². The number of hydrogen-bond acceptors (Lipinski definition) is 6. The second kappa shape index (κ2) is 9.40. The zero-order valence-corrected chi connectivity index (χ0v) is 16.4. The van der Waals surface area contributed by atoms with E-state index in [4.69, 9.17) is 9.47 Å². The van der Waals surface area contributed by atoms with Gasteiger partial charge in [0, 0.05) is 50.8 Å². The number of Topliss-reactive ketones (excluding diaryl/α,β-unsaturated/α-hetero) is 1. The van der Waals surface area contributed by atoms with Gasteiger partial charge in [-0.3, -0.25) is 9.69 Å². The minimum absolute atomic E-state index is 0.0937. The number of nitriles is 1. The van der Waals surface area contributed by atoms with E-state index < -0.39 is 0 Å². The number of aromatic nitrogens is 1. The van der Waals surface area contributed by atoms with E-state index in [9.17, 15) is 10.1 Å². The number of allylic oxidation sites excluding steroid dienone is 1. The Morgan fingerprint density at radius 1 is 1.36 bits per heavy atom. The molecule has 2 heterocycles. The summed E-state index contributed by atoms with van der Waals surface area (Å²) in [5.74, 6) is 0.456. The lowest BCUT2D eigenvalue weighted by Crippen LogP contribution is -2.37. The van der Waals surface area contributed by atoms with Gasteiger partial charge in [0.25, 0.3) is 0 Å². The molecule has 1 fully saturated rings. The Labute approximate surface area is 165 Å². The van der Waals surface area contributed by atoms with Gasteiger partial charge in [0.1, 0.15) is 17.4 Å².